The number of ether oxygens (including phenoxy) is 1. The first-order valence-corrected chi connectivity index (χ1v) is 3.36. The lowest BCUT2D eigenvalue weighted by atomic mass is 9.91. The van der Waals surface area contributed by atoms with Crippen LogP contribution in [0.15, 0.2) is 0 Å². The molecule has 0 bridgehead atoms. The van der Waals surface area contributed by atoms with Crippen LogP contribution in [-0.4, -0.2) is 12.2 Å². The van der Waals surface area contributed by atoms with Gasteiger partial charge in [-0.05, 0) is 25.7 Å². The maximum Gasteiger partial charge on any atom is 0.0869 e. The Balaban J connectivity index is 1.99. The third-order valence-corrected chi connectivity index (χ3v) is 2.15. The first-order valence-electron chi connectivity index (χ1n) is 3.36. The second-order valence-electron chi connectivity index (χ2n) is 2.83. The molecule has 0 aromatic heterocycles. The standard InChI is InChI=1S/C7H11O/c1-5-3-2-4-6-7(5)8-6/h5-7H,1-4H2. The lowest BCUT2D eigenvalue weighted by Gasteiger charge is -2.10. The van der Waals surface area contributed by atoms with Crippen LogP contribution in [0.2, 0.25) is 0 Å². The second-order valence-corrected chi connectivity index (χ2v) is 2.83. The van der Waals surface area contributed by atoms with Crippen LogP contribution in [-0.2, 0) is 4.74 Å². The first kappa shape index (κ1) is 4.80. The summed E-state index contributed by atoms with van der Waals surface area (Å²) >= 11 is 0. The maximum atomic E-state index is 5.33. The number of rotatable bonds is 0. The second kappa shape index (κ2) is 1.47. The SMILES string of the molecule is [CH2]C1CCCC2OC12. The van der Waals surface area contributed by atoms with Crippen molar-refractivity contribution >= 4 is 0 Å². The molecule has 1 aliphatic heterocycles. The molecule has 0 aromatic carbocycles. The van der Waals surface area contributed by atoms with Gasteiger partial charge in [0.05, 0.1) is 12.2 Å². The fraction of sp³-hybridized carbons (Fsp3) is 0.857. The minimum Gasteiger partial charge on any atom is -0.369 e. The van der Waals surface area contributed by atoms with Crippen LogP contribution in [0.4, 0.5) is 0 Å². The summed E-state index contributed by atoms with van der Waals surface area (Å²) in [5.74, 6) is 0.605. The summed E-state index contributed by atoms with van der Waals surface area (Å²) in [6.45, 7) is 4.00. The highest BCUT2D eigenvalue weighted by atomic mass is 16.6. The van der Waals surface area contributed by atoms with Crippen molar-refractivity contribution in [3.63, 3.8) is 0 Å². The third-order valence-electron chi connectivity index (χ3n) is 2.15. The summed E-state index contributed by atoms with van der Waals surface area (Å²) in [6, 6.07) is 0. The van der Waals surface area contributed by atoms with E-state index in [2.05, 4.69) is 6.92 Å². The first-order chi connectivity index (χ1) is 3.88. The molecular formula is C7H11O. The number of fused-ring (bicyclic) bond motifs is 1. The average molecular weight is 111 g/mol. The van der Waals surface area contributed by atoms with Crippen LogP contribution in [0.5, 0.6) is 0 Å². The van der Waals surface area contributed by atoms with E-state index in [9.17, 15) is 0 Å². The molecule has 1 radical (unpaired) electrons. The summed E-state index contributed by atoms with van der Waals surface area (Å²) in [5, 5.41) is 0. The molecular weight excluding hydrogens is 100 g/mol. The molecule has 2 aliphatic rings. The van der Waals surface area contributed by atoms with Gasteiger partial charge in [-0.2, -0.15) is 0 Å². The zero-order valence-electron chi connectivity index (χ0n) is 4.97. The Kier molecular flexibility index (Phi) is 0.884. The van der Waals surface area contributed by atoms with E-state index in [1.165, 1.54) is 19.3 Å². The Bertz CT molecular complexity index is 101. The average Bonchev–Trinajstić information content (AvgIpc) is 2.45. The summed E-state index contributed by atoms with van der Waals surface area (Å²) in [4.78, 5) is 0. The molecule has 8 heavy (non-hydrogen) atoms. The van der Waals surface area contributed by atoms with Crippen LogP contribution >= 0.6 is 0 Å². The van der Waals surface area contributed by atoms with Gasteiger partial charge in [-0.1, -0.05) is 6.42 Å². The molecule has 45 valence electrons. The molecule has 1 saturated carbocycles. The number of epoxide rings is 1. The highest BCUT2D eigenvalue weighted by molar-refractivity contribution is 4.95. The van der Waals surface area contributed by atoms with E-state index < -0.39 is 0 Å². The van der Waals surface area contributed by atoms with Gasteiger partial charge in [-0.25, -0.2) is 0 Å². The molecule has 1 saturated heterocycles. The Morgan fingerprint density at radius 1 is 1.38 bits per heavy atom. The highest BCUT2D eigenvalue weighted by Gasteiger charge is 2.44. The smallest absolute Gasteiger partial charge is 0.0869 e. The normalized spacial score (nSPS) is 52.9. The van der Waals surface area contributed by atoms with Gasteiger partial charge < -0.3 is 4.74 Å². The van der Waals surface area contributed by atoms with Crippen LogP contribution in [0.1, 0.15) is 19.3 Å². The predicted octanol–water partition coefficient (Wildman–Crippen LogP) is 1.39. The number of hydrogen-bond acceptors (Lipinski definition) is 1. The lowest BCUT2D eigenvalue weighted by molar-refractivity contribution is 0.350. The zero-order valence-corrected chi connectivity index (χ0v) is 4.97. The van der Waals surface area contributed by atoms with E-state index in [0.29, 0.717) is 18.1 Å². The van der Waals surface area contributed by atoms with Gasteiger partial charge in [-0.3, -0.25) is 0 Å². The molecule has 1 nitrogen and oxygen atoms in total. The molecule has 0 N–H and O–H groups in total. The Morgan fingerprint density at radius 2 is 2.25 bits per heavy atom. The molecule has 0 aromatic rings. The zero-order chi connectivity index (χ0) is 5.56. The van der Waals surface area contributed by atoms with Gasteiger partial charge in [-0.15, -0.1) is 0 Å². The maximum absolute atomic E-state index is 5.33. The molecule has 3 atom stereocenters. The van der Waals surface area contributed by atoms with Crippen LogP contribution in [0, 0.1) is 12.8 Å². The van der Waals surface area contributed by atoms with E-state index in [-0.39, 0.29) is 0 Å². The van der Waals surface area contributed by atoms with Crippen LogP contribution < -0.4 is 0 Å². The highest BCUT2D eigenvalue weighted by Crippen LogP contribution is 2.39. The molecule has 2 rings (SSSR count). The van der Waals surface area contributed by atoms with Crippen molar-refractivity contribution in [2.45, 2.75) is 31.5 Å². The summed E-state index contributed by atoms with van der Waals surface area (Å²) < 4.78 is 5.33. The molecule has 3 unspecified atom stereocenters. The van der Waals surface area contributed by atoms with Gasteiger partial charge in [0.25, 0.3) is 0 Å². The molecule has 2 fully saturated rings. The Morgan fingerprint density at radius 3 is 2.88 bits per heavy atom. The monoisotopic (exact) mass is 111 g/mol. The van der Waals surface area contributed by atoms with Gasteiger partial charge in [0.1, 0.15) is 0 Å². The lowest BCUT2D eigenvalue weighted by Crippen LogP contribution is -2.12. The molecule has 0 amide bonds. The van der Waals surface area contributed by atoms with Gasteiger partial charge in [0, 0.05) is 0 Å². The quantitative estimate of drug-likeness (QED) is 0.430. The van der Waals surface area contributed by atoms with Gasteiger partial charge in [0.2, 0.25) is 0 Å². The van der Waals surface area contributed by atoms with E-state index in [1.54, 1.807) is 0 Å². The van der Waals surface area contributed by atoms with Crippen molar-refractivity contribution < 1.29 is 4.74 Å². The topological polar surface area (TPSA) is 12.5 Å². The fourth-order valence-corrected chi connectivity index (χ4v) is 1.55. The molecule has 1 aliphatic carbocycles. The number of hydrogen-bond donors (Lipinski definition) is 0. The molecule has 0 spiro atoms. The van der Waals surface area contributed by atoms with Crippen LogP contribution in [0.3, 0.4) is 0 Å². The Labute approximate surface area is 50.0 Å². The minimum atomic E-state index is 0.559. The predicted molar refractivity (Wildman–Crippen MR) is 31.4 cm³/mol. The molecule has 1 heteroatoms. The van der Waals surface area contributed by atoms with Crippen molar-refractivity contribution in [1.29, 1.82) is 0 Å². The van der Waals surface area contributed by atoms with Crippen molar-refractivity contribution in [2.24, 2.45) is 5.92 Å². The van der Waals surface area contributed by atoms with Gasteiger partial charge in [0.15, 0.2) is 0 Å². The van der Waals surface area contributed by atoms with Crippen LogP contribution in [0.25, 0.3) is 0 Å². The van der Waals surface area contributed by atoms with Gasteiger partial charge >= 0.3 is 0 Å². The molecule has 1 heterocycles. The minimum absolute atomic E-state index is 0.559. The van der Waals surface area contributed by atoms with Crippen molar-refractivity contribution in [3.8, 4) is 0 Å². The van der Waals surface area contributed by atoms with E-state index >= 15 is 0 Å². The van der Waals surface area contributed by atoms with Crippen molar-refractivity contribution in [3.05, 3.63) is 6.92 Å². The summed E-state index contributed by atoms with van der Waals surface area (Å²) in [6.07, 6.45) is 5.07. The van der Waals surface area contributed by atoms with E-state index in [1.807, 2.05) is 0 Å². The fourth-order valence-electron chi connectivity index (χ4n) is 1.55. The van der Waals surface area contributed by atoms with E-state index in [0.717, 1.165) is 0 Å². The van der Waals surface area contributed by atoms with Crippen molar-refractivity contribution in [1.82, 2.24) is 0 Å². The third kappa shape index (κ3) is 0.576. The van der Waals surface area contributed by atoms with E-state index in [4.69, 9.17) is 4.74 Å². The summed E-state index contributed by atoms with van der Waals surface area (Å²) in [5.41, 5.74) is 0. The van der Waals surface area contributed by atoms with Crippen molar-refractivity contribution in [2.75, 3.05) is 0 Å². The summed E-state index contributed by atoms with van der Waals surface area (Å²) in [7, 11) is 0. The largest absolute Gasteiger partial charge is 0.369 e. The Hall–Kier alpha value is -0.0400.